The van der Waals surface area contributed by atoms with Crippen molar-refractivity contribution in [3.8, 4) is 0 Å². The summed E-state index contributed by atoms with van der Waals surface area (Å²) in [6, 6.07) is 4.93. The highest BCUT2D eigenvalue weighted by Gasteiger charge is 2.44. The Morgan fingerprint density at radius 3 is 2.26 bits per heavy atom. The molecule has 2 fully saturated rings. The molecule has 3 atom stereocenters. The third-order valence-electron chi connectivity index (χ3n) is 7.19. The molecule has 0 aromatic heterocycles. The van der Waals surface area contributed by atoms with E-state index in [1.807, 2.05) is 0 Å². The summed E-state index contributed by atoms with van der Waals surface area (Å²) < 4.78 is 0. The molecular weight excluding hydrogens is 562 g/mol. The van der Waals surface area contributed by atoms with Crippen LogP contribution in [0.5, 0.6) is 0 Å². The zero-order chi connectivity index (χ0) is 31.4. The number of benzene rings is 1. The SMILES string of the molecule is NC(N)=NCCC[C@@H]1NC(=O)C2(CCNCC2)NC(=O)[C@@H](Cc2ccccc2)NC(=O)C(CC(=O)O)NC(=O)CNC1=O. The van der Waals surface area contributed by atoms with Crippen LogP contribution in [-0.4, -0.2) is 96.4 Å². The van der Waals surface area contributed by atoms with Crippen molar-refractivity contribution in [1.82, 2.24) is 31.9 Å². The number of rotatable bonds is 8. The zero-order valence-corrected chi connectivity index (χ0v) is 23.7. The number of piperidine rings is 1. The van der Waals surface area contributed by atoms with Crippen molar-refractivity contribution in [2.24, 2.45) is 16.5 Å². The molecule has 2 aliphatic rings. The molecule has 1 spiro atoms. The van der Waals surface area contributed by atoms with Crippen molar-refractivity contribution in [1.29, 1.82) is 0 Å². The Morgan fingerprint density at radius 2 is 1.60 bits per heavy atom. The summed E-state index contributed by atoms with van der Waals surface area (Å²) in [5, 5.41) is 25.4. The number of nitrogens with two attached hydrogens (primary N) is 2. The largest absolute Gasteiger partial charge is 0.481 e. The number of nitrogens with one attached hydrogen (secondary N) is 6. The highest BCUT2D eigenvalue weighted by atomic mass is 16.4. The molecule has 0 aliphatic carbocycles. The molecule has 5 amide bonds. The van der Waals surface area contributed by atoms with Crippen LogP contribution in [-0.2, 0) is 35.2 Å². The van der Waals surface area contributed by atoms with Gasteiger partial charge in [0.1, 0.15) is 23.7 Å². The number of carboxylic acid groups (broad SMARTS) is 1. The summed E-state index contributed by atoms with van der Waals surface area (Å²) in [4.78, 5) is 82.0. The van der Waals surface area contributed by atoms with Gasteiger partial charge in [0.2, 0.25) is 29.5 Å². The molecule has 11 N–H and O–H groups in total. The van der Waals surface area contributed by atoms with E-state index in [4.69, 9.17) is 11.5 Å². The number of amides is 5. The van der Waals surface area contributed by atoms with Gasteiger partial charge in [-0.25, -0.2) is 0 Å². The Hall–Kier alpha value is -4.73. The van der Waals surface area contributed by atoms with E-state index in [1.54, 1.807) is 30.3 Å². The minimum atomic E-state index is -1.54. The first-order chi connectivity index (χ1) is 20.5. The lowest BCUT2D eigenvalue weighted by molar-refractivity contribution is -0.141. The van der Waals surface area contributed by atoms with E-state index < -0.39 is 72.1 Å². The zero-order valence-electron chi connectivity index (χ0n) is 23.7. The van der Waals surface area contributed by atoms with E-state index in [0.717, 1.165) is 0 Å². The van der Waals surface area contributed by atoms with Crippen LogP contribution in [0.2, 0.25) is 0 Å². The van der Waals surface area contributed by atoms with Crippen LogP contribution < -0.4 is 43.4 Å². The molecule has 1 aromatic rings. The lowest BCUT2D eigenvalue weighted by atomic mass is 9.86. The van der Waals surface area contributed by atoms with Gasteiger partial charge in [0, 0.05) is 13.0 Å². The number of carbonyl (C=O) groups excluding carboxylic acids is 5. The lowest BCUT2D eigenvalue weighted by Gasteiger charge is -2.39. The van der Waals surface area contributed by atoms with Crippen LogP contribution in [0, 0.1) is 0 Å². The van der Waals surface area contributed by atoms with Gasteiger partial charge < -0.3 is 48.5 Å². The van der Waals surface area contributed by atoms with Gasteiger partial charge >= 0.3 is 5.97 Å². The minimum absolute atomic E-state index is 0.0234. The predicted molar refractivity (Wildman–Crippen MR) is 154 cm³/mol. The normalized spacial score (nSPS) is 23.3. The topological polar surface area (TPSA) is 259 Å². The third-order valence-corrected chi connectivity index (χ3v) is 7.19. The van der Waals surface area contributed by atoms with Crippen LogP contribution in [0.1, 0.15) is 37.7 Å². The summed E-state index contributed by atoms with van der Waals surface area (Å²) in [7, 11) is 0. The number of hydrogen-bond acceptors (Lipinski definition) is 8. The average Bonchev–Trinajstić information content (AvgIpc) is 2.96. The quantitative estimate of drug-likeness (QED) is 0.0809. The summed E-state index contributed by atoms with van der Waals surface area (Å²) in [6.45, 7) is 0.371. The smallest absolute Gasteiger partial charge is 0.305 e. The fraction of sp³-hybridized carbons (Fsp3) is 0.519. The average molecular weight is 602 g/mol. The van der Waals surface area contributed by atoms with Crippen LogP contribution in [0.3, 0.4) is 0 Å². The summed E-state index contributed by atoms with van der Waals surface area (Å²) >= 11 is 0. The highest BCUT2D eigenvalue weighted by Crippen LogP contribution is 2.20. The molecular formula is C27H39N9O7. The Labute approximate surface area is 248 Å². The summed E-state index contributed by atoms with van der Waals surface area (Å²) in [5.41, 5.74) is 10.0. The van der Waals surface area contributed by atoms with E-state index >= 15 is 0 Å². The van der Waals surface area contributed by atoms with Crippen molar-refractivity contribution in [2.75, 3.05) is 26.2 Å². The lowest BCUT2D eigenvalue weighted by Crippen LogP contribution is -2.67. The summed E-state index contributed by atoms with van der Waals surface area (Å²) in [5.74, 6) is -5.22. The molecule has 234 valence electrons. The van der Waals surface area contributed by atoms with E-state index in [0.29, 0.717) is 25.1 Å². The molecule has 0 bridgehead atoms. The van der Waals surface area contributed by atoms with E-state index in [-0.39, 0.29) is 38.2 Å². The second-order valence-corrected chi connectivity index (χ2v) is 10.5. The maximum absolute atomic E-state index is 13.8. The van der Waals surface area contributed by atoms with E-state index in [1.165, 1.54) is 0 Å². The predicted octanol–water partition coefficient (Wildman–Crippen LogP) is -3.42. The van der Waals surface area contributed by atoms with Crippen LogP contribution >= 0.6 is 0 Å². The van der Waals surface area contributed by atoms with Gasteiger partial charge in [0.25, 0.3) is 0 Å². The number of nitrogens with zero attached hydrogens (tertiary/aromatic N) is 1. The number of hydrogen-bond donors (Lipinski definition) is 9. The maximum atomic E-state index is 13.8. The second kappa shape index (κ2) is 15.5. The van der Waals surface area contributed by atoms with Crippen molar-refractivity contribution < 1.29 is 33.9 Å². The maximum Gasteiger partial charge on any atom is 0.305 e. The molecule has 1 aromatic carbocycles. The fourth-order valence-electron chi connectivity index (χ4n) is 4.91. The Balaban J connectivity index is 1.98. The molecule has 2 heterocycles. The minimum Gasteiger partial charge on any atom is -0.481 e. The van der Waals surface area contributed by atoms with Crippen molar-refractivity contribution in [2.45, 2.75) is 62.2 Å². The molecule has 2 aliphatic heterocycles. The molecule has 3 rings (SSSR count). The first-order valence-corrected chi connectivity index (χ1v) is 14.0. The Morgan fingerprint density at radius 1 is 0.907 bits per heavy atom. The van der Waals surface area contributed by atoms with Gasteiger partial charge in [0.15, 0.2) is 5.96 Å². The molecule has 0 radical (unpaired) electrons. The number of guanidine groups is 1. The van der Waals surface area contributed by atoms with Crippen molar-refractivity contribution in [3.63, 3.8) is 0 Å². The van der Waals surface area contributed by atoms with Gasteiger partial charge in [-0.3, -0.25) is 33.8 Å². The molecule has 43 heavy (non-hydrogen) atoms. The van der Waals surface area contributed by atoms with Gasteiger partial charge in [-0.05, 0) is 44.3 Å². The van der Waals surface area contributed by atoms with Crippen LogP contribution in [0.25, 0.3) is 0 Å². The van der Waals surface area contributed by atoms with E-state index in [2.05, 4.69) is 36.9 Å². The van der Waals surface area contributed by atoms with Gasteiger partial charge in [-0.15, -0.1) is 0 Å². The Bertz CT molecular complexity index is 1210. The highest BCUT2D eigenvalue weighted by molar-refractivity contribution is 5.99. The molecule has 0 saturated carbocycles. The van der Waals surface area contributed by atoms with Crippen LogP contribution in [0.15, 0.2) is 35.3 Å². The first-order valence-electron chi connectivity index (χ1n) is 14.0. The molecule has 16 heteroatoms. The molecule has 2 saturated heterocycles. The Kier molecular flexibility index (Phi) is 11.8. The van der Waals surface area contributed by atoms with Gasteiger partial charge in [-0.1, -0.05) is 30.3 Å². The molecule has 1 unspecified atom stereocenters. The monoisotopic (exact) mass is 601 g/mol. The summed E-state index contributed by atoms with van der Waals surface area (Å²) in [6.07, 6.45) is 0.0587. The second-order valence-electron chi connectivity index (χ2n) is 10.5. The number of aliphatic carboxylic acids is 1. The van der Waals surface area contributed by atoms with E-state index in [9.17, 15) is 33.9 Å². The van der Waals surface area contributed by atoms with Gasteiger partial charge in [0.05, 0.1) is 13.0 Å². The molecule has 16 nitrogen and oxygen atoms in total. The van der Waals surface area contributed by atoms with Crippen LogP contribution in [0.4, 0.5) is 0 Å². The third kappa shape index (κ3) is 9.95. The van der Waals surface area contributed by atoms with Gasteiger partial charge in [-0.2, -0.15) is 0 Å². The fourth-order valence-corrected chi connectivity index (χ4v) is 4.91. The number of carboxylic acids is 1. The van der Waals surface area contributed by atoms with Crippen molar-refractivity contribution >= 4 is 41.5 Å². The first kappa shape index (κ1) is 32.8. The van der Waals surface area contributed by atoms with Crippen molar-refractivity contribution in [3.05, 3.63) is 35.9 Å². The number of carbonyl (C=O) groups is 6. The number of aliphatic imine (C=N–C) groups is 1. The standard InChI is InChI=1S/C27H39N9O7/c28-26(29)31-10-4-7-17-22(40)32-15-20(37)33-19(14-21(38)39)23(41)34-18(13-16-5-2-1-3-6-16)24(42)36-27(25(43)35-17)8-11-30-12-9-27/h1-3,5-6,17-19,30H,4,7-15H2,(H,32,40)(H,33,37)(H,34,41)(H,35,43)(H,36,42)(H,38,39)(H4,28,29,31)/t17-,18+,19?/m0/s1.